The molecular weight excluding hydrogens is 276 g/mol. The van der Waals surface area contributed by atoms with Crippen molar-refractivity contribution in [2.24, 2.45) is 0 Å². The van der Waals surface area contributed by atoms with E-state index >= 15 is 0 Å². The Kier molecular flexibility index (Phi) is 2.98. The van der Waals surface area contributed by atoms with Gasteiger partial charge in [0.15, 0.2) is 0 Å². The zero-order valence-electron chi connectivity index (χ0n) is 11.0. The zero-order valence-corrected chi connectivity index (χ0v) is 11.8. The van der Waals surface area contributed by atoms with Crippen LogP contribution in [0.3, 0.4) is 0 Å². The summed E-state index contributed by atoms with van der Waals surface area (Å²) in [7, 11) is 0. The Balaban J connectivity index is 2.14. The van der Waals surface area contributed by atoms with Gasteiger partial charge in [-0.05, 0) is 13.3 Å². The van der Waals surface area contributed by atoms with Crippen LogP contribution in [0.4, 0.5) is 5.69 Å². The molecule has 0 radical (unpaired) electrons. The Bertz CT molecular complexity index is 806. The van der Waals surface area contributed by atoms with E-state index in [2.05, 4.69) is 17.0 Å². The standard InChI is InChI=1S/C13H12N4O2S/c1-3-11-15-16-8(2)12(14-13(16)20-11)9-5-4-6-10(7-9)17(18)19/h4-7H,3H2,1-2H3. The topological polar surface area (TPSA) is 73.3 Å². The first-order valence-electron chi connectivity index (χ1n) is 6.20. The van der Waals surface area contributed by atoms with Crippen LogP contribution in [-0.2, 0) is 6.42 Å². The van der Waals surface area contributed by atoms with Crippen molar-refractivity contribution in [3.05, 3.63) is 45.1 Å². The second-order valence-electron chi connectivity index (χ2n) is 4.40. The van der Waals surface area contributed by atoms with Crippen LogP contribution in [0.15, 0.2) is 24.3 Å². The molecule has 0 aliphatic carbocycles. The summed E-state index contributed by atoms with van der Waals surface area (Å²) < 4.78 is 1.80. The molecule has 20 heavy (non-hydrogen) atoms. The molecule has 2 aromatic heterocycles. The number of hydrogen-bond donors (Lipinski definition) is 0. The first kappa shape index (κ1) is 12.7. The van der Waals surface area contributed by atoms with Crippen molar-refractivity contribution in [3.63, 3.8) is 0 Å². The number of non-ortho nitro benzene ring substituents is 1. The largest absolute Gasteiger partial charge is 0.270 e. The first-order valence-corrected chi connectivity index (χ1v) is 7.01. The summed E-state index contributed by atoms with van der Waals surface area (Å²) in [6.45, 7) is 3.97. The lowest BCUT2D eigenvalue weighted by molar-refractivity contribution is -0.384. The third-order valence-electron chi connectivity index (χ3n) is 3.10. The number of nitro groups is 1. The molecule has 0 atom stereocenters. The number of aromatic nitrogens is 3. The summed E-state index contributed by atoms with van der Waals surface area (Å²) in [5.74, 6) is 0. The van der Waals surface area contributed by atoms with Gasteiger partial charge in [-0.3, -0.25) is 10.1 Å². The van der Waals surface area contributed by atoms with E-state index in [1.807, 2.05) is 13.0 Å². The predicted molar refractivity (Wildman–Crippen MR) is 77.1 cm³/mol. The fraction of sp³-hybridized carbons (Fsp3) is 0.231. The van der Waals surface area contributed by atoms with E-state index in [9.17, 15) is 10.1 Å². The summed E-state index contributed by atoms with van der Waals surface area (Å²) in [6, 6.07) is 6.52. The Labute approximate surface area is 118 Å². The molecule has 0 bridgehead atoms. The van der Waals surface area contributed by atoms with Crippen LogP contribution in [0.2, 0.25) is 0 Å². The zero-order chi connectivity index (χ0) is 14.3. The highest BCUT2D eigenvalue weighted by atomic mass is 32.1. The van der Waals surface area contributed by atoms with Gasteiger partial charge in [0.2, 0.25) is 4.96 Å². The maximum atomic E-state index is 10.8. The van der Waals surface area contributed by atoms with Gasteiger partial charge >= 0.3 is 0 Å². The van der Waals surface area contributed by atoms with Crippen LogP contribution in [0.25, 0.3) is 16.2 Å². The fourth-order valence-corrected chi connectivity index (χ4v) is 2.95. The number of nitrogens with zero attached hydrogens (tertiary/aromatic N) is 4. The Morgan fingerprint density at radius 1 is 1.45 bits per heavy atom. The second kappa shape index (κ2) is 4.68. The smallest absolute Gasteiger partial charge is 0.258 e. The maximum Gasteiger partial charge on any atom is 0.270 e. The molecule has 0 N–H and O–H groups in total. The molecule has 1 aromatic carbocycles. The normalized spacial score (nSPS) is 11.1. The van der Waals surface area contributed by atoms with Gasteiger partial charge in [-0.25, -0.2) is 9.50 Å². The molecule has 0 saturated heterocycles. The minimum atomic E-state index is -0.398. The monoisotopic (exact) mass is 288 g/mol. The molecule has 0 aliphatic rings. The predicted octanol–water partition coefficient (Wildman–Crippen LogP) is 3.24. The molecule has 3 rings (SSSR count). The number of imidazole rings is 1. The van der Waals surface area contributed by atoms with Crippen LogP contribution in [-0.4, -0.2) is 19.5 Å². The van der Waals surface area contributed by atoms with Crippen LogP contribution in [0.5, 0.6) is 0 Å². The molecule has 6 nitrogen and oxygen atoms in total. The summed E-state index contributed by atoms with van der Waals surface area (Å²) >= 11 is 1.54. The van der Waals surface area contributed by atoms with Crippen LogP contribution in [0.1, 0.15) is 17.6 Å². The van der Waals surface area contributed by atoms with Crippen molar-refractivity contribution in [1.29, 1.82) is 0 Å². The average molecular weight is 288 g/mol. The van der Waals surface area contributed by atoms with Gasteiger partial charge in [0.05, 0.1) is 16.3 Å². The van der Waals surface area contributed by atoms with E-state index in [1.165, 1.54) is 6.07 Å². The number of fused-ring (bicyclic) bond motifs is 1. The van der Waals surface area contributed by atoms with Crippen LogP contribution >= 0.6 is 11.3 Å². The van der Waals surface area contributed by atoms with Crippen molar-refractivity contribution < 1.29 is 4.92 Å². The number of benzene rings is 1. The highest BCUT2D eigenvalue weighted by Gasteiger charge is 2.16. The number of nitro benzene ring substituents is 1. The Morgan fingerprint density at radius 3 is 2.90 bits per heavy atom. The average Bonchev–Trinajstić information content (AvgIpc) is 2.98. The molecular formula is C13H12N4O2S. The molecule has 0 unspecified atom stereocenters. The Hall–Kier alpha value is -2.28. The van der Waals surface area contributed by atoms with E-state index < -0.39 is 4.92 Å². The van der Waals surface area contributed by atoms with Crippen molar-refractivity contribution in [3.8, 4) is 11.3 Å². The molecule has 7 heteroatoms. The maximum absolute atomic E-state index is 10.8. The van der Waals surface area contributed by atoms with Crippen LogP contribution < -0.4 is 0 Å². The SMILES string of the molecule is CCc1nn2c(C)c(-c3cccc([N+](=O)[O-])c3)nc2s1. The summed E-state index contributed by atoms with van der Waals surface area (Å²) in [5.41, 5.74) is 2.46. The molecule has 0 fully saturated rings. The number of rotatable bonds is 3. The molecule has 0 aliphatic heterocycles. The number of hydrogen-bond acceptors (Lipinski definition) is 5. The van der Waals surface area contributed by atoms with Crippen molar-refractivity contribution >= 4 is 22.0 Å². The minimum Gasteiger partial charge on any atom is -0.258 e. The number of aryl methyl sites for hydroxylation is 2. The van der Waals surface area contributed by atoms with E-state index in [0.29, 0.717) is 0 Å². The van der Waals surface area contributed by atoms with Crippen LogP contribution in [0, 0.1) is 17.0 Å². The summed E-state index contributed by atoms with van der Waals surface area (Å²) in [4.78, 5) is 15.8. The minimum absolute atomic E-state index is 0.0699. The van der Waals surface area contributed by atoms with Crippen molar-refractivity contribution in [1.82, 2.24) is 14.6 Å². The molecule has 0 saturated carbocycles. The second-order valence-corrected chi connectivity index (χ2v) is 5.44. The molecule has 2 heterocycles. The van der Waals surface area contributed by atoms with Gasteiger partial charge < -0.3 is 0 Å². The Morgan fingerprint density at radius 2 is 2.25 bits per heavy atom. The van der Waals surface area contributed by atoms with Gasteiger partial charge in [0, 0.05) is 17.7 Å². The molecule has 0 spiro atoms. The van der Waals surface area contributed by atoms with E-state index in [1.54, 1.807) is 28.0 Å². The fourth-order valence-electron chi connectivity index (χ4n) is 2.07. The first-order chi connectivity index (χ1) is 9.60. The van der Waals surface area contributed by atoms with E-state index in [0.717, 1.165) is 33.3 Å². The highest BCUT2D eigenvalue weighted by molar-refractivity contribution is 7.16. The van der Waals surface area contributed by atoms with Gasteiger partial charge in [-0.2, -0.15) is 5.10 Å². The molecule has 3 aromatic rings. The van der Waals surface area contributed by atoms with Gasteiger partial charge in [-0.15, -0.1) is 0 Å². The molecule has 102 valence electrons. The van der Waals surface area contributed by atoms with Gasteiger partial charge in [0.25, 0.3) is 5.69 Å². The third kappa shape index (κ3) is 1.96. The lowest BCUT2D eigenvalue weighted by Gasteiger charge is -1.99. The van der Waals surface area contributed by atoms with E-state index in [-0.39, 0.29) is 5.69 Å². The van der Waals surface area contributed by atoms with Crippen molar-refractivity contribution in [2.75, 3.05) is 0 Å². The third-order valence-corrected chi connectivity index (χ3v) is 4.16. The highest BCUT2D eigenvalue weighted by Crippen LogP contribution is 2.28. The lowest BCUT2D eigenvalue weighted by atomic mass is 10.1. The summed E-state index contributed by atoms with van der Waals surface area (Å²) in [5, 5.41) is 16.3. The lowest BCUT2D eigenvalue weighted by Crippen LogP contribution is -1.92. The molecule has 0 amide bonds. The van der Waals surface area contributed by atoms with Crippen molar-refractivity contribution in [2.45, 2.75) is 20.3 Å². The summed E-state index contributed by atoms with van der Waals surface area (Å²) in [6.07, 6.45) is 0.875. The quantitative estimate of drug-likeness (QED) is 0.548. The van der Waals surface area contributed by atoms with Gasteiger partial charge in [-0.1, -0.05) is 30.4 Å². The van der Waals surface area contributed by atoms with Gasteiger partial charge in [0.1, 0.15) is 5.01 Å². The van der Waals surface area contributed by atoms with E-state index in [4.69, 9.17) is 0 Å².